The molecule has 2 aromatic carbocycles. The number of halogens is 1. The van der Waals surface area contributed by atoms with Gasteiger partial charge in [-0.3, -0.25) is 9.59 Å². The Bertz CT molecular complexity index is 896. The number of anilines is 2. The van der Waals surface area contributed by atoms with E-state index < -0.39 is 11.8 Å². The Kier molecular flexibility index (Phi) is 5.50. The number of ether oxygens (including phenoxy) is 1. The number of carbonyl (C=O) groups is 2. The van der Waals surface area contributed by atoms with Crippen molar-refractivity contribution < 1.29 is 14.3 Å². The van der Waals surface area contributed by atoms with Gasteiger partial charge in [-0.05, 0) is 48.2 Å². The minimum absolute atomic E-state index is 0.188. The molecule has 1 saturated heterocycles. The highest BCUT2D eigenvalue weighted by atomic mass is 35.5. The van der Waals surface area contributed by atoms with Crippen molar-refractivity contribution in [1.82, 2.24) is 5.32 Å². The molecule has 0 radical (unpaired) electrons. The summed E-state index contributed by atoms with van der Waals surface area (Å²) in [5, 5.41) is 6.23. The zero-order valence-electron chi connectivity index (χ0n) is 15.4. The fourth-order valence-corrected chi connectivity index (χ4v) is 4.05. The molecule has 146 valence electrons. The maximum Gasteiger partial charge on any atom is 0.313 e. The lowest BCUT2D eigenvalue weighted by Gasteiger charge is -2.29. The number of amides is 2. The summed E-state index contributed by atoms with van der Waals surface area (Å²) in [4.78, 5) is 27.0. The molecule has 1 aliphatic carbocycles. The molecule has 2 aliphatic rings. The van der Waals surface area contributed by atoms with Crippen LogP contribution in [0.4, 0.5) is 11.4 Å². The van der Waals surface area contributed by atoms with Crippen LogP contribution >= 0.6 is 11.6 Å². The van der Waals surface area contributed by atoms with E-state index in [4.69, 9.17) is 16.3 Å². The molecule has 7 heteroatoms. The maximum atomic E-state index is 12.4. The van der Waals surface area contributed by atoms with Crippen molar-refractivity contribution in [2.24, 2.45) is 0 Å². The predicted molar refractivity (Wildman–Crippen MR) is 109 cm³/mol. The number of carbonyl (C=O) groups excluding carboxylic acids is 2. The zero-order chi connectivity index (χ0) is 19.5. The molecule has 1 fully saturated rings. The van der Waals surface area contributed by atoms with Crippen LogP contribution in [0.5, 0.6) is 0 Å². The fraction of sp³-hybridized carbons (Fsp3) is 0.333. The van der Waals surface area contributed by atoms with Gasteiger partial charge in [0.1, 0.15) is 0 Å². The van der Waals surface area contributed by atoms with Crippen molar-refractivity contribution in [3.05, 3.63) is 58.6 Å². The first-order valence-corrected chi connectivity index (χ1v) is 9.81. The first kappa shape index (κ1) is 18.8. The van der Waals surface area contributed by atoms with Crippen LogP contribution < -0.4 is 15.5 Å². The van der Waals surface area contributed by atoms with E-state index in [2.05, 4.69) is 15.5 Å². The van der Waals surface area contributed by atoms with Gasteiger partial charge in [0.15, 0.2) is 0 Å². The third-order valence-electron chi connectivity index (χ3n) is 5.21. The molecule has 2 N–H and O–H groups in total. The molecule has 1 aliphatic heterocycles. The maximum absolute atomic E-state index is 12.4. The van der Waals surface area contributed by atoms with E-state index in [1.165, 1.54) is 0 Å². The van der Waals surface area contributed by atoms with Gasteiger partial charge in [-0.15, -0.1) is 0 Å². The van der Waals surface area contributed by atoms with Gasteiger partial charge < -0.3 is 20.3 Å². The van der Waals surface area contributed by atoms with Crippen LogP contribution in [0.1, 0.15) is 23.6 Å². The lowest BCUT2D eigenvalue weighted by molar-refractivity contribution is -0.136. The van der Waals surface area contributed by atoms with Gasteiger partial charge in [0.05, 0.1) is 19.3 Å². The molecule has 1 atom stereocenters. The number of hydrogen-bond acceptors (Lipinski definition) is 4. The van der Waals surface area contributed by atoms with Crippen LogP contribution in [0.15, 0.2) is 42.5 Å². The van der Waals surface area contributed by atoms with Crippen molar-refractivity contribution in [2.45, 2.75) is 18.9 Å². The minimum atomic E-state index is -0.672. The average molecular weight is 400 g/mol. The summed E-state index contributed by atoms with van der Waals surface area (Å²) in [7, 11) is 0. The van der Waals surface area contributed by atoms with Gasteiger partial charge in [-0.2, -0.15) is 0 Å². The summed E-state index contributed by atoms with van der Waals surface area (Å²) in [6.07, 6.45) is 1.54. The zero-order valence-corrected chi connectivity index (χ0v) is 16.2. The molecule has 1 heterocycles. The topological polar surface area (TPSA) is 70.7 Å². The number of nitrogens with one attached hydrogen (secondary N) is 2. The molecule has 1 unspecified atom stereocenters. The molecule has 4 rings (SSSR count). The molecule has 2 aromatic rings. The quantitative estimate of drug-likeness (QED) is 0.778. The van der Waals surface area contributed by atoms with E-state index in [-0.39, 0.29) is 6.04 Å². The minimum Gasteiger partial charge on any atom is -0.378 e. The molecular weight excluding hydrogens is 378 g/mol. The molecule has 2 amide bonds. The third kappa shape index (κ3) is 3.98. The normalized spacial score (nSPS) is 18.5. The molecule has 0 aromatic heterocycles. The van der Waals surface area contributed by atoms with Gasteiger partial charge in [0.25, 0.3) is 0 Å². The smallest absolute Gasteiger partial charge is 0.313 e. The summed E-state index contributed by atoms with van der Waals surface area (Å²) in [5.74, 6) is -1.32. The second kappa shape index (κ2) is 8.20. The van der Waals surface area contributed by atoms with Gasteiger partial charge in [-0.1, -0.05) is 29.8 Å². The van der Waals surface area contributed by atoms with Crippen molar-refractivity contribution in [3.63, 3.8) is 0 Å². The van der Waals surface area contributed by atoms with Gasteiger partial charge in [0, 0.05) is 29.5 Å². The Balaban J connectivity index is 1.39. The van der Waals surface area contributed by atoms with Crippen LogP contribution in [0.3, 0.4) is 0 Å². The van der Waals surface area contributed by atoms with E-state index in [0.29, 0.717) is 23.9 Å². The van der Waals surface area contributed by atoms with Crippen molar-refractivity contribution >= 4 is 34.8 Å². The van der Waals surface area contributed by atoms with Crippen LogP contribution in [0.2, 0.25) is 5.02 Å². The largest absolute Gasteiger partial charge is 0.378 e. The lowest BCUT2D eigenvalue weighted by Crippen LogP contribution is -2.37. The standard InChI is InChI=1S/C21H22ClN3O3/c22-18-6-2-5-17-16(18)7-8-19(17)24-21(27)20(26)23-14-3-1-4-15(13-14)25-9-11-28-12-10-25/h1-6,13,19H,7-12H2,(H,23,26)(H,24,27). The summed E-state index contributed by atoms with van der Waals surface area (Å²) in [6, 6.07) is 13.0. The Hall–Kier alpha value is -2.57. The number of benzene rings is 2. The molecule has 6 nitrogen and oxygen atoms in total. The summed E-state index contributed by atoms with van der Waals surface area (Å²) in [5.41, 5.74) is 3.64. The van der Waals surface area contributed by atoms with Gasteiger partial charge in [-0.25, -0.2) is 0 Å². The SMILES string of the molecule is O=C(Nc1cccc(N2CCOCC2)c1)C(=O)NC1CCc2c(Cl)cccc21. The van der Waals surface area contributed by atoms with Crippen LogP contribution in [-0.2, 0) is 20.7 Å². The number of fused-ring (bicyclic) bond motifs is 1. The summed E-state index contributed by atoms with van der Waals surface area (Å²) >= 11 is 6.22. The Labute approximate surface area is 168 Å². The Morgan fingerprint density at radius 2 is 1.86 bits per heavy atom. The number of hydrogen-bond donors (Lipinski definition) is 2. The molecule has 0 saturated carbocycles. The Morgan fingerprint density at radius 1 is 1.07 bits per heavy atom. The molecular formula is C21H22ClN3O3. The van der Waals surface area contributed by atoms with Crippen molar-refractivity contribution in [3.8, 4) is 0 Å². The lowest BCUT2D eigenvalue weighted by atomic mass is 10.1. The van der Waals surface area contributed by atoms with E-state index in [0.717, 1.165) is 42.7 Å². The number of nitrogens with zero attached hydrogens (tertiary/aromatic N) is 1. The first-order valence-electron chi connectivity index (χ1n) is 9.44. The first-order chi connectivity index (χ1) is 13.6. The van der Waals surface area contributed by atoms with Crippen molar-refractivity contribution in [2.75, 3.05) is 36.5 Å². The van der Waals surface area contributed by atoms with Crippen LogP contribution in [0, 0.1) is 0 Å². The van der Waals surface area contributed by atoms with Crippen LogP contribution in [0.25, 0.3) is 0 Å². The third-order valence-corrected chi connectivity index (χ3v) is 5.56. The van der Waals surface area contributed by atoms with E-state index in [1.54, 1.807) is 6.07 Å². The van der Waals surface area contributed by atoms with Gasteiger partial charge >= 0.3 is 11.8 Å². The predicted octanol–water partition coefficient (Wildman–Crippen LogP) is 2.92. The van der Waals surface area contributed by atoms with Gasteiger partial charge in [0.2, 0.25) is 0 Å². The highest BCUT2D eigenvalue weighted by Crippen LogP contribution is 2.35. The number of morpholine rings is 1. The van der Waals surface area contributed by atoms with E-state index in [9.17, 15) is 9.59 Å². The second-order valence-electron chi connectivity index (χ2n) is 6.98. The summed E-state index contributed by atoms with van der Waals surface area (Å²) in [6.45, 7) is 2.99. The van der Waals surface area contributed by atoms with E-state index >= 15 is 0 Å². The highest BCUT2D eigenvalue weighted by Gasteiger charge is 2.27. The molecule has 0 spiro atoms. The monoisotopic (exact) mass is 399 g/mol. The molecule has 28 heavy (non-hydrogen) atoms. The second-order valence-corrected chi connectivity index (χ2v) is 7.38. The molecule has 0 bridgehead atoms. The number of rotatable bonds is 3. The average Bonchev–Trinajstić information content (AvgIpc) is 3.13. The van der Waals surface area contributed by atoms with E-state index in [1.807, 2.05) is 36.4 Å². The fourth-order valence-electron chi connectivity index (χ4n) is 3.77. The highest BCUT2D eigenvalue weighted by molar-refractivity contribution is 6.39. The Morgan fingerprint density at radius 3 is 2.68 bits per heavy atom. The summed E-state index contributed by atoms with van der Waals surface area (Å²) < 4.78 is 5.37. The van der Waals surface area contributed by atoms with Crippen LogP contribution in [-0.4, -0.2) is 38.1 Å². The van der Waals surface area contributed by atoms with Crippen molar-refractivity contribution in [1.29, 1.82) is 0 Å².